The van der Waals surface area contributed by atoms with Crippen molar-refractivity contribution in [2.24, 2.45) is 5.92 Å². The number of hydrogen-bond donors (Lipinski definition) is 2. The largest absolute Gasteiger partial charge is 0.485 e. The molecular formula is C15H15NO5. The van der Waals surface area contributed by atoms with Gasteiger partial charge in [-0.1, -0.05) is 24.3 Å². The molecule has 3 atom stereocenters. The fourth-order valence-corrected chi connectivity index (χ4v) is 2.41. The van der Waals surface area contributed by atoms with Crippen LogP contribution in [0.1, 0.15) is 6.42 Å². The van der Waals surface area contributed by atoms with Gasteiger partial charge >= 0.3 is 5.97 Å². The van der Waals surface area contributed by atoms with Crippen LogP contribution in [0, 0.1) is 5.92 Å². The quantitative estimate of drug-likeness (QED) is 0.810. The van der Waals surface area contributed by atoms with Gasteiger partial charge in [-0.05, 0) is 18.6 Å². The molecule has 1 amide bonds. The molecule has 0 saturated carbocycles. The number of aliphatic carboxylic acids is 1. The Bertz CT molecular complexity index is 597. The third-order valence-corrected chi connectivity index (χ3v) is 3.53. The number of carbonyl (C=O) groups is 2. The smallest absolute Gasteiger partial charge is 0.310 e. The summed E-state index contributed by atoms with van der Waals surface area (Å²) < 4.78 is 11.1. The number of fused-ring (bicyclic) bond motifs is 1. The highest BCUT2D eigenvalue weighted by atomic mass is 16.6. The fraction of sp³-hybridized carbons (Fsp3) is 0.333. The molecule has 0 spiro atoms. The van der Waals surface area contributed by atoms with Crippen LogP contribution in [0.4, 0.5) is 0 Å². The SMILES string of the molecule is O=C(O)C1C=CC(NC(=O)C2COc3ccccc3O2)C1. The minimum Gasteiger partial charge on any atom is -0.485 e. The number of carboxylic acid groups (broad SMARTS) is 1. The van der Waals surface area contributed by atoms with Crippen molar-refractivity contribution >= 4 is 11.9 Å². The molecule has 1 aromatic carbocycles. The summed E-state index contributed by atoms with van der Waals surface area (Å²) in [5.41, 5.74) is 0. The van der Waals surface area contributed by atoms with E-state index < -0.39 is 18.0 Å². The molecular weight excluding hydrogens is 274 g/mol. The van der Waals surface area contributed by atoms with Crippen LogP contribution in [0.5, 0.6) is 11.5 Å². The molecule has 1 heterocycles. The van der Waals surface area contributed by atoms with Crippen LogP contribution in [0.25, 0.3) is 0 Å². The molecule has 3 rings (SSSR count). The minimum atomic E-state index is -0.880. The number of para-hydroxylation sites is 2. The highest BCUT2D eigenvalue weighted by molar-refractivity contribution is 5.82. The molecule has 0 aromatic heterocycles. The summed E-state index contributed by atoms with van der Waals surface area (Å²) in [7, 11) is 0. The Balaban J connectivity index is 1.58. The highest BCUT2D eigenvalue weighted by Gasteiger charge is 2.31. The molecule has 0 bridgehead atoms. The molecule has 3 unspecified atom stereocenters. The lowest BCUT2D eigenvalue weighted by Crippen LogP contribution is -2.47. The van der Waals surface area contributed by atoms with Crippen LogP contribution < -0.4 is 14.8 Å². The molecule has 6 nitrogen and oxygen atoms in total. The number of ether oxygens (including phenoxy) is 2. The van der Waals surface area contributed by atoms with Crippen molar-refractivity contribution in [3.05, 3.63) is 36.4 Å². The maximum atomic E-state index is 12.1. The van der Waals surface area contributed by atoms with E-state index in [0.717, 1.165) is 0 Å². The van der Waals surface area contributed by atoms with E-state index >= 15 is 0 Å². The van der Waals surface area contributed by atoms with Gasteiger partial charge in [0.2, 0.25) is 6.10 Å². The molecule has 0 radical (unpaired) electrons. The number of carboxylic acids is 1. The van der Waals surface area contributed by atoms with Crippen molar-refractivity contribution in [2.75, 3.05) is 6.61 Å². The van der Waals surface area contributed by atoms with E-state index in [1.54, 1.807) is 30.4 Å². The Hall–Kier alpha value is -2.50. The monoisotopic (exact) mass is 289 g/mol. The van der Waals surface area contributed by atoms with Crippen LogP contribution in [0.2, 0.25) is 0 Å². The van der Waals surface area contributed by atoms with Crippen LogP contribution in [0.3, 0.4) is 0 Å². The van der Waals surface area contributed by atoms with Gasteiger partial charge in [0.1, 0.15) is 6.61 Å². The summed E-state index contributed by atoms with van der Waals surface area (Å²) in [6, 6.07) is 6.88. The van der Waals surface area contributed by atoms with Gasteiger partial charge in [-0.3, -0.25) is 9.59 Å². The van der Waals surface area contributed by atoms with Gasteiger partial charge in [0, 0.05) is 6.04 Å². The highest BCUT2D eigenvalue weighted by Crippen LogP contribution is 2.31. The first-order valence-corrected chi connectivity index (χ1v) is 6.73. The van der Waals surface area contributed by atoms with Crippen LogP contribution in [-0.2, 0) is 9.59 Å². The molecule has 2 aliphatic rings. The molecule has 1 aliphatic carbocycles. The number of nitrogens with one attached hydrogen (secondary N) is 1. The summed E-state index contributed by atoms with van der Waals surface area (Å²) in [5.74, 6) is -0.568. The van der Waals surface area contributed by atoms with E-state index in [0.29, 0.717) is 17.9 Å². The minimum absolute atomic E-state index is 0.141. The average Bonchev–Trinajstić information content (AvgIpc) is 2.95. The summed E-state index contributed by atoms with van der Waals surface area (Å²) >= 11 is 0. The summed E-state index contributed by atoms with van der Waals surface area (Å²) in [4.78, 5) is 23.0. The van der Waals surface area contributed by atoms with Gasteiger partial charge < -0.3 is 19.9 Å². The third-order valence-electron chi connectivity index (χ3n) is 3.53. The van der Waals surface area contributed by atoms with Crippen LogP contribution >= 0.6 is 0 Å². The Kier molecular flexibility index (Phi) is 3.51. The lowest BCUT2D eigenvalue weighted by atomic mass is 10.1. The van der Waals surface area contributed by atoms with Crippen LogP contribution in [0.15, 0.2) is 36.4 Å². The third kappa shape index (κ3) is 2.84. The van der Waals surface area contributed by atoms with Gasteiger partial charge in [0.15, 0.2) is 11.5 Å². The summed E-state index contributed by atoms with van der Waals surface area (Å²) in [6.07, 6.45) is 2.94. The second-order valence-electron chi connectivity index (χ2n) is 5.04. The molecule has 0 saturated heterocycles. The van der Waals surface area contributed by atoms with Gasteiger partial charge in [0.25, 0.3) is 5.91 Å². The van der Waals surface area contributed by atoms with Gasteiger partial charge in [0.05, 0.1) is 5.92 Å². The van der Waals surface area contributed by atoms with Crippen molar-refractivity contribution in [1.82, 2.24) is 5.32 Å². The molecule has 1 aliphatic heterocycles. The van der Waals surface area contributed by atoms with E-state index in [4.69, 9.17) is 14.6 Å². The average molecular weight is 289 g/mol. The zero-order chi connectivity index (χ0) is 14.8. The normalized spacial score (nSPS) is 26.4. The van der Waals surface area contributed by atoms with Crippen molar-refractivity contribution < 1.29 is 24.2 Å². The van der Waals surface area contributed by atoms with Gasteiger partial charge in [-0.25, -0.2) is 0 Å². The number of amides is 1. The number of benzene rings is 1. The predicted molar refractivity (Wildman–Crippen MR) is 73.2 cm³/mol. The number of hydrogen-bond acceptors (Lipinski definition) is 4. The second kappa shape index (κ2) is 5.47. The van der Waals surface area contributed by atoms with Crippen molar-refractivity contribution in [3.8, 4) is 11.5 Å². The summed E-state index contributed by atoms with van der Waals surface area (Å²) in [5, 5.41) is 11.7. The molecule has 2 N–H and O–H groups in total. The summed E-state index contributed by atoms with van der Waals surface area (Å²) in [6.45, 7) is 0.141. The zero-order valence-electron chi connectivity index (χ0n) is 11.2. The molecule has 21 heavy (non-hydrogen) atoms. The maximum Gasteiger partial charge on any atom is 0.310 e. The standard InChI is InChI=1S/C15H15NO5/c17-14(16-10-6-5-9(7-10)15(18)19)13-8-20-11-3-1-2-4-12(11)21-13/h1-6,9-10,13H,7-8H2,(H,16,17)(H,18,19). The Labute approximate surface area is 121 Å². The van der Waals surface area contributed by atoms with Crippen molar-refractivity contribution in [1.29, 1.82) is 0 Å². The van der Waals surface area contributed by atoms with Gasteiger partial charge in [-0.2, -0.15) is 0 Å². The second-order valence-corrected chi connectivity index (χ2v) is 5.04. The Morgan fingerprint density at radius 3 is 2.67 bits per heavy atom. The number of carbonyl (C=O) groups excluding carboxylic acids is 1. The van der Waals surface area contributed by atoms with E-state index in [1.165, 1.54) is 0 Å². The lowest BCUT2D eigenvalue weighted by Gasteiger charge is -2.26. The van der Waals surface area contributed by atoms with E-state index in [2.05, 4.69) is 5.32 Å². The first-order chi connectivity index (χ1) is 10.1. The predicted octanol–water partition coefficient (Wildman–Crippen LogP) is 0.972. The van der Waals surface area contributed by atoms with Crippen molar-refractivity contribution in [3.63, 3.8) is 0 Å². The first-order valence-electron chi connectivity index (χ1n) is 6.73. The van der Waals surface area contributed by atoms with E-state index in [1.807, 2.05) is 6.07 Å². The van der Waals surface area contributed by atoms with E-state index in [9.17, 15) is 9.59 Å². The maximum absolute atomic E-state index is 12.1. The molecule has 1 aromatic rings. The molecule has 110 valence electrons. The molecule has 0 fully saturated rings. The number of rotatable bonds is 3. The van der Waals surface area contributed by atoms with E-state index in [-0.39, 0.29) is 18.6 Å². The Morgan fingerprint density at radius 1 is 1.19 bits per heavy atom. The first kappa shape index (κ1) is 13.5. The molecule has 6 heteroatoms. The van der Waals surface area contributed by atoms with Gasteiger partial charge in [-0.15, -0.1) is 0 Å². The Morgan fingerprint density at radius 2 is 1.95 bits per heavy atom. The lowest BCUT2D eigenvalue weighted by molar-refractivity contribution is -0.140. The zero-order valence-corrected chi connectivity index (χ0v) is 11.2. The topological polar surface area (TPSA) is 84.9 Å². The van der Waals surface area contributed by atoms with Crippen molar-refractivity contribution in [2.45, 2.75) is 18.6 Å². The van der Waals surface area contributed by atoms with Crippen LogP contribution in [-0.4, -0.2) is 35.7 Å². The fourth-order valence-electron chi connectivity index (χ4n) is 2.41.